The summed E-state index contributed by atoms with van der Waals surface area (Å²) >= 11 is 0. The normalized spacial score (nSPS) is 18.3. The molecule has 1 fully saturated rings. The van der Waals surface area contributed by atoms with Gasteiger partial charge in [0.1, 0.15) is 5.25 Å². The molecule has 1 heterocycles. The van der Waals surface area contributed by atoms with Gasteiger partial charge in [0, 0.05) is 6.54 Å². The third kappa shape index (κ3) is 2.56. The summed E-state index contributed by atoms with van der Waals surface area (Å²) in [4.78, 5) is 0.288. The van der Waals surface area contributed by atoms with Crippen LogP contribution in [-0.4, -0.2) is 45.6 Å². The fourth-order valence-corrected chi connectivity index (χ4v) is 3.23. The van der Waals surface area contributed by atoms with Crippen molar-refractivity contribution in [3.8, 4) is 0 Å². The summed E-state index contributed by atoms with van der Waals surface area (Å²) in [5.74, 6) is 0. The maximum absolute atomic E-state index is 12.1. The Bertz CT molecular complexity index is 493. The number of rotatable bonds is 5. The number of benzene rings is 1. The van der Waals surface area contributed by atoms with E-state index in [1.807, 2.05) is 0 Å². The van der Waals surface area contributed by atoms with Gasteiger partial charge >= 0.3 is 0 Å². The minimum absolute atomic E-state index is 0.270. The standard InChI is InChI=1S/C12H17NO4S/c1-13-6-12(14)9-2-4-10(5-3-9)18(15,16)11-7-17-8-11/h2-5,11-14H,6-8H2,1H3. The van der Waals surface area contributed by atoms with E-state index >= 15 is 0 Å². The molecule has 0 amide bonds. The summed E-state index contributed by atoms with van der Waals surface area (Å²) in [7, 11) is -1.53. The predicted octanol–water partition coefficient (Wildman–Crippen LogP) is 0.112. The van der Waals surface area contributed by atoms with Gasteiger partial charge in [-0.3, -0.25) is 0 Å². The van der Waals surface area contributed by atoms with Crippen molar-refractivity contribution in [1.82, 2.24) is 5.32 Å². The summed E-state index contributed by atoms with van der Waals surface area (Å²) in [5.41, 5.74) is 0.702. The number of ether oxygens (including phenoxy) is 1. The van der Waals surface area contributed by atoms with E-state index in [2.05, 4.69) is 5.32 Å². The highest BCUT2D eigenvalue weighted by Gasteiger charge is 2.33. The molecule has 6 heteroatoms. The molecule has 5 nitrogen and oxygen atoms in total. The van der Waals surface area contributed by atoms with Crippen LogP contribution in [0.2, 0.25) is 0 Å². The number of nitrogens with one attached hydrogen (secondary N) is 1. The largest absolute Gasteiger partial charge is 0.387 e. The molecular formula is C12H17NO4S. The second-order valence-electron chi connectivity index (χ2n) is 4.35. The maximum Gasteiger partial charge on any atom is 0.185 e. The Morgan fingerprint density at radius 3 is 2.44 bits per heavy atom. The van der Waals surface area contributed by atoms with Crippen LogP contribution in [0.1, 0.15) is 11.7 Å². The highest BCUT2D eigenvalue weighted by atomic mass is 32.2. The van der Waals surface area contributed by atoms with Crippen LogP contribution in [0.25, 0.3) is 0 Å². The Labute approximate surface area is 107 Å². The number of hydrogen-bond donors (Lipinski definition) is 2. The first-order valence-electron chi connectivity index (χ1n) is 5.80. The summed E-state index contributed by atoms with van der Waals surface area (Å²) in [6.45, 7) is 0.974. The zero-order valence-corrected chi connectivity index (χ0v) is 11.0. The van der Waals surface area contributed by atoms with Gasteiger partial charge in [-0.2, -0.15) is 0 Å². The van der Waals surface area contributed by atoms with Crippen molar-refractivity contribution in [1.29, 1.82) is 0 Å². The molecule has 1 aromatic rings. The lowest BCUT2D eigenvalue weighted by Crippen LogP contribution is -2.40. The van der Waals surface area contributed by atoms with Crippen LogP contribution in [0, 0.1) is 0 Å². The van der Waals surface area contributed by atoms with Crippen LogP contribution in [0.15, 0.2) is 29.2 Å². The van der Waals surface area contributed by atoms with Crippen LogP contribution >= 0.6 is 0 Å². The molecule has 0 aromatic heterocycles. The first-order valence-corrected chi connectivity index (χ1v) is 7.34. The van der Waals surface area contributed by atoms with Crippen molar-refractivity contribution >= 4 is 9.84 Å². The van der Waals surface area contributed by atoms with E-state index in [0.717, 1.165) is 0 Å². The van der Waals surface area contributed by atoms with Crippen molar-refractivity contribution in [2.75, 3.05) is 26.8 Å². The highest BCUT2D eigenvalue weighted by Crippen LogP contribution is 2.23. The van der Waals surface area contributed by atoms with E-state index in [-0.39, 0.29) is 18.1 Å². The summed E-state index contributed by atoms with van der Waals surface area (Å²) in [5, 5.41) is 12.2. The molecule has 18 heavy (non-hydrogen) atoms. The zero-order valence-electron chi connectivity index (χ0n) is 10.2. The van der Waals surface area contributed by atoms with Gasteiger partial charge in [-0.25, -0.2) is 8.42 Å². The van der Waals surface area contributed by atoms with Crippen molar-refractivity contribution < 1.29 is 18.3 Å². The topological polar surface area (TPSA) is 75.6 Å². The first-order chi connectivity index (χ1) is 8.55. The van der Waals surface area contributed by atoms with Crippen molar-refractivity contribution in [3.05, 3.63) is 29.8 Å². The average molecular weight is 271 g/mol. The van der Waals surface area contributed by atoms with Gasteiger partial charge in [0.25, 0.3) is 0 Å². The fraction of sp³-hybridized carbons (Fsp3) is 0.500. The molecule has 1 aromatic carbocycles. The maximum atomic E-state index is 12.1. The van der Waals surface area contributed by atoms with Crippen LogP contribution in [0.4, 0.5) is 0 Å². The number of aliphatic hydroxyl groups excluding tert-OH is 1. The van der Waals surface area contributed by atoms with Gasteiger partial charge < -0.3 is 15.2 Å². The first kappa shape index (κ1) is 13.5. The molecule has 100 valence electrons. The lowest BCUT2D eigenvalue weighted by molar-refractivity contribution is 0.0416. The number of likely N-dealkylation sites (N-methyl/N-ethyl adjacent to an activating group) is 1. The van der Waals surface area contributed by atoms with E-state index < -0.39 is 21.2 Å². The molecule has 0 aliphatic carbocycles. The minimum atomic E-state index is -3.28. The minimum Gasteiger partial charge on any atom is -0.387 e. The lowest BCUT2D eigenvalue weighted by Gasteiger charge is -2.25. The molecule has 2 rings (SSSR count). The third-order valence-electron chi connectivity index (χ3n) is 3.04. The Balaban J connectivity index is 2.17. The second kappa shape index (κ2) is 5.36. The lowest BCUT2D eigenvalue weighted by atomic mass is 10.1. The van der Waals surface area contributed by atoms with Gasteiger partial charge in [0.2, 0.25) is 0 Å². The molecular weight excluding hydrogens is 254 g/mol. The summed E-state index contributed by atoms with van der Waals surface area (Å²) < 4.78 is 29.0. The Hall–Kier alpha value is -0.950. The highest BCUT2D eigenvalue weighted by molar-refractivity contribution is 7.92. The third-order valence-corrected chi connectivity index (χ3v) is 5.12. The number of aliphatic hydroxyl groups is 1. The van der Waals surface area contributed by atoms with Gasteiger partial charge in [-0.15, -0.1) is 0 Å². The van der Waals surface area contributed by atoms with Crippen LogP contribution in [-0.2, 0) is 14.6 Å². The molecule has 1 aliphatic rings. The molecule has 1 aliphatic heterocycles. The monoisotopic (exact) mass is 271 g/mol. The van der Waals surface area contributed by atoms with Gasteiger partial charge in [-0.05, 0) is 24.7 Å². The van der Waals surface area contributed by atoms with Crippen molar-refractivity contribution in [2.24, 2.45) is 0 Å². The van der Waals surface area contributed by atoms with Crippen LogP contribution < -0.4 is 5.32 Å². The van der Waals surface area contributed by atoms with Crippen molar-refractivity contribution in [2.45, 2.75) is 16.2 Å². The quantitative estimate of drug-likeness (QED) is 0.795. The summed E-state index contributed by atoms with van der Waals surface area (Å²) in [6.07, 6.45) is -0.626. The SMILES string of the molecule is CNCC(O)c1ccc(S(=O)(=O)C2COC2)cc1. The molecule has 0 bridgehead atoms. The van der Waals surface area contributed by atoms with Gasteiger partial charge in [-0.1, -0.05) is 12.1 Å². The Kier molecular flexibility index (Phi) is 4.01. The molecule has 0 spiro atoms. The molecule has 0 radical (unpaired) electrons. The Morgan fingerprint density at radius 1 is 1.39 bits per heavy atom. The van der Waals surface area contributed by atoms with E-state index in [4.69, 9.17) is 4.74 Å². The zero-order chi connectivity index (χ0) is 13.2. The van der Waals surface area contributed by atoms with Gasteiger partial charge in [0.15, 0.2) is 9.84 Å². The smallest absolute Gasteiger partial charge is 0.185 e. The van der Waals surface area contributed by atoms with E-state index in [0.29, 0.717) is 12.1 Å². The van der Waals surface area contributed by atoms with E-state index in [1.165, 1.54) is 0 Å². The second-order valence-corrected chi connectivity index (χ2v) is 6.58. The summed E-state index contributed by atoms with van der Waals surface area (Å²) in [6, 6.07) is 6.38. The molecule has 1 unspecified atom stereocenters. The number of sulfone groups is 1. The van der Waals surface area contributed by atoms with Crippen LogP contribution in [0.5, 0.6) is 0 Å². The molecule has 0 saturated carbocycles. The molecule has 1 atom stereocenters. The number of hydrogen-bond acceptors (Lipinski definition) is 5. The molecule has 2 N–H and O–H groups in total. The van der Waals surface area contributed by atoms with Crippen molar-refractivity contribution in [3.63, 3.8) is 0 Å². The Morgan fingerprint density at radius 2 is 2.00 bits per heavy atom. The van der Waals surface area contributed by atoms with Gasteiger partial charge in [0.05, 0.1) is 24.2 Å². The van der Waals surface area contributed by atoms with Crippen LogP contribution in [0.3, 0.4) is 0 Å². The fourth-order valence-electron chi connectivity index (χ4n) is 1.78. The van der Waals surface area contributed by atoms with E-state index in [1.54, 1.807) is 31.3 Å². The average Bonchev–Trinajstić information content (AvgIpc) is 2.26. The van der Waals surface area contributed by atoms with E-state index in [9.17, 15) is 13.5 Å². The predicted molar refractivity (Wildman–Crippen MR) is 67.1 cm³/mol. The molecule has 1 saturated heterocycles.